The molecule has 2 amide bonds. The Morgan fingerprint density at radius 3 is 2.48 bits per heavy atom. The van der Waals surface area contributed by atoms with Crippen LogP contribution in [0.3, 0.4) is 0 Å². The Balaban J connectivity index is 1.79. The zero-order valence-electron chi connectivity index (χ0n) is 19.2. The Bertz CT molecular complexity index is 1190. The molecule has 0 bridgehead atoms. The number of aromatic nitrogens is 2. The molecule has 0 spiro atoms. The minimum absolute atomic E-state index is 0.146. The van der Waals surface area contributed by atoms with E-state index >= 15 is 0 Å². The molecule has 2 aromatic carbocycles. The third kappa shape index (κ3) is 4.16. The van der Waals surface area contributed by atoms with Gasteiger partial charge in [0.1, 0.15) is 5.01 Å². The van der Waals surface area contributed by atoms with Crippen LogP contribution in [0.2, 0.25) is 0 Å². The Morgan fingerprint density at radius 1 is 1.09 bits per heavy atom. The molecular formula is C24H26N4O4S. The molecule has 0 radical (unpaired) electrons. The van der Waals surface area contributed by atoms with Gasteiger partial charge in [-0.25, -0.2) is 0 Å². The summed E-state index contributed by atoms with van der Waals surface area (Å²) < 4.78 is 10.8. The summed E-state index contributed by atoms with van der Waals surface area (Å²) >= 11 is 1.35. The molecule has 33 heavy (non-hydrogen) atoms. The van der Waals surface area contributed by atoms with Gasteiger partial charge in [-0.05, 0) is 29.3 Å². The van der Waals surface area contributed by atoms with Crippen LogP contribution in [0.15, 0.2) is 42.5 Å². The molecular weight excluding hydrogens is 440 g/mol. The van der Waals surface area contributed by atoms with E-state index in [-0.39, 0.29) is 17.7 Å². The largest absolute Gasteiger partial charge is 0.493 e. The van der Waals surface area contributed by atoms with Gasteiger partial charge in [0.15, 0.2) is 11.5 Å². The summed E-state index contributed by atoms with van der Waals surface area (Å²) in [6.07, 6.45) is 0. The van der Waals surface area contributed by atoms with Gasteiger partial charge in [-0.15, -0.1) is 10.2 Å². The van der Waals surface area contributed by atoms with Crippen molar-refractivity contribution in [3.05, 3.63) is 64.2 Å². The van der Waals surface area contributed by atoms with Crippen molar-refractivity contribution >= 4 is 28.3 Å². The number of nitrogens with one attached hydrogen (secondary N) is 1. The van der Waals surface area contributed by atoms with Gasteiger partial charge < -0.3 is 14.4 Å². The Morgan fingerprint density at radius 2 is 1.82 bits per heavy atom. The first-order valence-electron chi connectivity index (χ1n) is 10.6. The Hall–Kier alpha value is -3.46. The van der Waals surface area contributed by atoms with Gasteiger partial charge >= 0.3 is 0 Å². The minimum atomic E-state index is -0.659. The van der Waals surface area contributed by atoms with Crippen LogP contribution in [0.25, 0.3) is 0 Å². The van der Waals surface area contributed by atoms with E-state index in [1.165, 1.54) is 11.3 Å². The molecule has 172 valence electrons. The van der Waals surface area contributed by atoms with Crippen molar-refractivity contribution in [1.29, 1.82) is 0 Å². The summed E-state index contributed by atoms with van der Waals surface area (Å²) in [5.41, 5.74) is 1.95. The fourth-order valence-electron chi connectivity index (χ4n) is 4.11. The first kappa shape index (κ1) is 22.7. The van der Waals surface area contributed by atoms with Crippen molar-refractivity contribution < 1.29 is 19.1 Å². The van der Waals surface area contributed by atoms with E-state index < -0.39 is 12.0 Å². The minimum Gasteiger partial charge on any atom is -0.493 e. The molecule has 1 aliphatic rings. The van der Waals surface area contributed by atoms with Gasteiger partial charge in [0, 0.05) is 18.5 Å². The lowest BCUT2D eigenvalue weighted by Gasteiger charge is -2.39. The number of benzene rings is 2. The van der Waals surface area contributed by atoms with E-state index in [0.29, 0.717) is 27.8 Å². The number of ether oxygens (including phenoxy) is 2. The number of nitrogens with zero attached hydrogens (tertiary/aromatic N) is 3. The average molecular weight is 467 g/mol. The van der Waals surface area contributed by atoms with Gasteiger partial charge in [0.2, 0.25) is 11.0 Å². The number of hydrogen-bond donors (Lipinski definition) is 1. The number of rotatable bonds is 6. The number of methoxy groups -OCH3 is 2. The summed E-state index contributed by atoms with van der Waals surface area (Å²) in [5.74, 6) is 0.253. The second kappa shape index (κ2) is 9.19. The lowest BCUT2D eigenvalue weighted by Crippen LogP contribution is -2.44. The van der Waals surface area contributed by atoms with Crippen LogP contribution in [0, 0.1) is 0 Å². The summed E-state index contributed by atoms with van der Waals surface area (Å²) in [5, 5.41) is 12.5. The number of fused-ring (bicyclic) bond motifs is 1. The highest BCUT2D eigenvalue weighted by molar-refractivity contribution is 7.15. The fraction of sp³-hybridized carbons (Fsp3) is 0.333. The summed E-state index contributed by atoms with van der Waals surface area (Å²) in [6.45, 7) is 4.05. The van der Waals surface area contributed by atoms with Crippen molar-refractivity contribution in [2.24, 2.45) is 0 Å². The highest BCUT2D eigenvalue weighted by Gasteiger charge is 2.43. The standard InChI is InChI=1S/C24H26N4O4S/c1-13(2)22-26-27-24(33-22)25-21(29)19-15-8-6-7-9-16(15)23(30)28(3)20(19)14-10-11-17(31-4)18(12-14)32-5/h6-13,19-20H,1-5H3,(H,25,27,29)/t19-,20+/m1/s1. The van der Waals surface area contributed by atoms with Crippen LogP contribution in [0.4, 0.5) is 5.13 Å². The fourth-order valence-corrected chi connectivity index (χ4v) is 4.86. The van der Waals surface area contributed by atoms with Gasteiger partial charge in [-0.1, -0.05) is 49.4 Å². The van der Waals surface area contributed by atoms with Gasteiger partial charge in [0.05, 0.1) is 26.2 Å². The third-order valence-electron chi connectivity index (χ3n) is 5.78. The smallest absolute Gasteiger partial charge is 0.254 e. The van der Waals surface area contributed by atoms with Gasteiger partial charge in [-0.2, -0.15) is 0 Å². The van der Waals surface area contributed by atoms with E-state index in [1.54, 1.807) is 44.4 Å². The monoisotopic (exact) mass is 466 g/mol. The van der Waals surface area contributed by atoms with Crippen molar-refractivity contribution in [3.63, 3.8) is 0 Å². The molecule has 0 fully saturated rings. The van der Waals surface area contributed by atoms with Crippen LogP contribution >= 0.6 is 11.3 Å². The second-order valence-corrected chi connectivity index (χ2v) is 9.14. The number of carbonyl (C=O) groups is 2. The molecule has 0 aliphatic carbocycles. The van der Waals surface area contributed by atoms with Crippen molar-refractivity contribution in [2.75, 3.05) is 26.6 Å². The SMILES string of the molecule is COc1ccc([C@H]2[C@H](C(=O)Nc3nnc(C(C)C)s3)c3ccccc3C(=O)N2C)cc1OC. The molecule has 0 saturated heterocycles. The van der Waals surface area contributed by atoms with Crippen molar-refractivity contribution in [2.45, 2.75) is 31.7 Å². The molecule has 2 atom stereocenters. The summed E-state index contributed by atoms with van der Waals surface area (Å²) in [4.78, 5) is 28.5. The Kier molecular flexibility index (Phi) is 6.33. The van der Waals surface area contributed by atoms with Crippen LogP contribution in [-0.4, -0.2) is 48.2 Å². The molecule has 4 rings (SSSR count). The number of anilines is 1. The molecule has 1 N–H and O–H groups in total. The first-order valence-corrected chi connectivity index (χ1v) is 11.4. The van der Waals surface area contributed by atoms with Crippen LogP contribution < -0.4 is 14.8 Å². The lowest BCUT2D eigenvalue weighted by atomic mass is 9.79. The molecule has 2 heterocycles. The highest BCUT2D eigenvalue weighted by Crippen LogP contribution is 2.44. The van der Waals surface area contributed by atoms with Crippen LogP contribution in [0.5, 0.6) is 11.5 Å². The molecule has 8 nitrogen and oxygen atoms in total. The van der Waals surface area contributed by atoms with E-state index in [0.717, 1.165) is 10.6 Å². The average Bonchev–Trinajstić information content (AvgIpc) is 3.29. The van der Waals surface area contributed by atoms with Gasteiger partial charge in [0.25, 0.3) is 5.91 Å². The summed E-state index contributed by atoms with van der Waals surface area (Å²) in [6, 6.07) is 12.1. The van der Waals surface area contributed by atoms with Crippen molar-refractivity contribution in [1.82, 2.24) is 15.1 Å². The third-order valence-corrected chi connectivity index (χ3v) is 6.92. The zero-order chi connectivity index (χ0) is 23.7. The van der Waals surface area contributed by atoms with E-state index in [9.17, 15) is 9.59 Å². The van der Waals surface area contributed by atoms with Crippen LogP contribution in [-0.2, 0) is 4.79 Å². The topological polar surface area (TPSA) is 93.7 Å². The Labute approximate surface area is 196 Å². The predicted molar refractivity (Wildman–Crippen MR) is 126 cm³/mol. The number of carbonyl (C=O) groups excluding carboxylic acids is 2. The maximum Gasteiger partial charge on any atom is 0.254 e. The van der Waals surface area contributed by atoms with E-state index in [2.05, 4.69) is 15.5 Å². The lowest BCUT2D eigenvalue weighted by molar-refractivity contribution is -0.119. The molecule has 1 aromatic heterocycles. The normalized spacial score (nSPS) is 17.6. The van der Waals surface area contributed by atoms with E-state index in [1.807, 2.05) is 38.1 Å². The maximum absolute atomic E-state index is 13.7. The molecule has 9 heteroatoms. The van der Waals surface area contributed by atoms with E-state index in [4.69, 9.17) is 9.47 Å². The number of hydrogen-bond acceptors (Lipinski definition) is 7. The number of likely N-dealkylation sites (N-methyl/N-ethyl adjacent to an activating group) is 1. The second-order valence-electron chi connectivity index (χ2n) is 8.13. The molecule has 0 unspecified atom stereocenters. The zero-order valence-corrected chi connectivity index (χ0v) is 20.0. The quantitative estimate of drug-likeness (QED) is 0.584. The molecule has 3 aromatic rings. The molecule has 1 aliphatic heterocycles. The first-order chi connectivity index (χ1) is 15.8. The van der Waals surface area contributed by atoms with Crippen LogP contribution in [0.1, 0.15) is 58.2 Å². The van der Waals surface area contributed by atoms with Crippen molar-refractivity contribution in [3.8, 4) is 11.5 Å². The predicted octanol–water partition coefficient (Wildman–Crippen LogP) is 4.23. The number of amides is 2. The summed E-state index contributed by atoms with van der Waals surface area (Å²) in [7, 11) is 4.83. The maximum atomic E-state index is 13.7. The highest BCUT2D eigenvalue weighted by atomic mass is 32.1. The van der Waals surface area contributed by atoms with Gasteiger partial charge in [-0.3, -0.25) is 14.9 Å². The molecule has 0 saturated carbocycles.